The molecule has 2 atom stereocenters. The van der Waals surface area contributed by atoms with Crippen LogP contribution >= 0.6 is 27.5 Å². The zero-order valence-electron chi connectivity index (χ0n) is 10.6. The predicted molar refractivity (Wildman–Crippen MR) is 77.4 cm³/mol. The van der Waals surface area contributed by atoms with Gasteiger partial charge < -0.3 is 10.1 Å². The highest BCUT2D eigenvalue weighted by atomic mass is 79.9. The number of pyridine rings is 1. The van der Waals surface area contributed by atoms with Crippen molar-refractivity contribution in [1.82, 2.24) is 19.9 Å². The molecule has 106 valence electrons. The molecular formula is C12H12BrClN4O2. The van der Waals surface area contributed by atoms with Gasteiger partial charge in [0.25, 0.3) is 0 Å². The summed E-state index contributed by atoms with van der Waals surface area (Å²) in [6.07, 6.45) is 2.37. The molecule has 0 spiro atoms. The summed E-state index contributed by atoms with van der Waals surface area (Å²) < 4.78 is 8.21. The first-order valence-corrected chi connectivity index (χ1v) is 7.33. The van der Waals surface area contributed by atoms with Gasteiger partial charge in [0, 0.05) is 7.05 Å². The summed E-state index contributed by atoms with van der Waals surface area (Å²) in [5.41, 5.74) is 1.27. The van der Waals surface area contributed by atoms with Gasteiger partial charge >= 0.3 is 0 Å². The number of rotatable bonds is 2. The van der Waals surface area contributed by atoms with Crippen LogP contribution in [-0.2, 0) is 9.53 Å². The van der Waals surface area contributed by atoms with Crippen LogP contribution in [0.5, 0.6) is 0 Å². The Bertz CT molecular complexity index is 675. The topological polar surface area (TPSA) is 69.0 Å². The Hall–Kier alpha value is -1.18. The first-order chi connectivity index (χ1) is 9.60. The van der Waals surface area contributed by atoms with Gasteiger partial charge in [-0.3, -0.25) is 9.36 Å². The lowest BCUT2D eigenvalue weighted by Crippen LogP contribution is -2.31. The molecule has 1 N–H and O–H groups in total. The Labute approximate surface area is 128 Å². The monoisotopic (exact) mass is 358 g/mol. The fraction of sp³-hybridized carbons (Fsp3) is 0.417. The van der Waals surface area contributed by atoms with E-state index in [4.69, 9.17) is 16.3 Å². The Morgan fingerprint density at radius 1 is 1.60 bits per heavy atom. The van der Waals surface area contributed by atoms with Crippen LogP contribution in [0.2, 0.25) is 5.02 Å². The van der Waals surface area contributed by atoms with Crippen LogP contribution in [0.3, 0.4) is 0 Å². The van der Waals surface area contributed by atoms with Crippen LogP contribution in [0.25, 0.3) is 11.2 Å². The van der Waals surface area contributed by atoms with Crippen molar-refractivity contribution in [2.75, 3.05) is 7.05 Å². The van der Waals surface area contributed by atoms with Gasteiger partial charge in [0.15, 0.2) is 5.65 Å². The highest BCUT2D eigenvalue weighted by Crippen LogP contribution is 2.32. The summed E-state index contributed by atoms with van der Waals surface area (Å²) in [6, 6.07) is 1.70. The molecule has 1 fully saturated rings. The van der Waals surface area contributed by atoms with Gasteiger partial charge in [-0.15, -0.1) is 0 Å². The second kappa shape index (κ2) is 5.31. The van der Waals surface area contributed by atoms with Crippen molar-refractivity contribution in [2.24, 2.45) is 0 Å². The van der Waals surface area contributed by atoms with Gasteiger partial charge in [-0.25, -0.2) is 9.97 Å². The first-order valence-electron chi connectivity index (χ1n) is 6.16. The number of ether oxygens (including phenoxy) is 1. The molecule has 3 heterocycles. The number of hydrogen-bond acceptors (Lipinski definition) is 4. The average molecular weight is 360 g/mol. The highest BCUT2D eigenvalue weighted by molar-refractivity contribution is 9.10. The summed E-state index contributed by atoms with van der Waals surface area (Å²) in [4.78, 5) is 20.2. The number of imidazole rings is 1. The standard InChI is InChI=1S/C12H12BrClN4O2/c1-15-12(19)7-2-3-9(20-7)18-5-16-10-6(14)4-8(13)17-11(10)18/h4-5,7,9H,2-3H2,1H3,(H,15,19)/t7-,9+/m0/s1. The quantitative estimate of drug-likeness (QED) is 0.835. The molecule has 1 aliphatic heterocycles. The predicted octanol–water partition coefficient (Wildman–Crippen LogP) is 2.27. The van der Waals surface area contributed by atoms with Crippen molar-refractivity contribution in [2.45, 2.75) is 25.2 Å². The lowest BCUT2D eigenvalue weighted by atomic mass is 10.2. The molecule has 2 aromatic rings. The van der Waals surface area contributed by atoms with Crippen LogP contribution in [0.1, 0.15) is 19.1 Å². The van der Waals surface area contributed by atoms with Crippen LogP contribution in [0.4, 0.5) is 0 Å². The number of hydrogen-bond donors (Lipinski definition) is 1. The van der Waals surface area contributed by atoms with E-state index in [0.29, 0.717) is 27.2 Å². The molecule has 0 radical (unpaired) electrons. The molecule has 8 heteroatoms. The molecule has 0 saturated carbocycles. The number of carbonyl (C=O) groups is 1. The van der Waals surface area contributed by atoms with Crippen LogP contribution in [-0.4, -0.2) is 33.6 Å². The summed E-state index contributed by atoms with van der Waals surface area (Å²) in [5, 5.41) is 3.12. The lowest BCUT2D eigenvalue weighted by Gasteiger charge is -2.14. The fourth-order valence-corrected chi connectivity index (χ4v) is 3.09. The van der Waals surface area contributed by atoms with E-state index in [1.807, 2.05) is 4.57 Å². The minimum atomic E-state index is -0.426. The zero-order chi connectivity index (χ0) is 14.3. The van der Waals surface area contributed by atoms with E-state index in [9.17, 15) is 4.79 Å². The van der Waals surface area contributed by atoms with Crippen molar-refractivity contribution in [3.8, 4) is 0 Å². The van der Waals surface area contributed by atoms with E-state index in [1.54, 1.807) is 19.4 Å². The molecule has 3 rings (SSSR count). The Morgan fingerprint density at radius 3 is 3.15 bits per heavy atom. The van der Waals surface area contributed by atoms with E-state index >= 15 is 0 Å². The number of nitrogens with one attached hydrogen (secondary N) is 1. The molecule has 6 nitrogen and oxygen atoms in total. The van der Waals surface area contributed by atoms with Gasteiger partial charge in [-0.2, -0.15) is 0 Å². The van der Waals surface area contributed by atoms with E-state index in [0.717, 1.165) is 6.42 Å². The zero-order valence-corrected chi connectivity index (χ0v) is 13.0. The van der Waals surface area contributed by atoms with E-state index < -0.39 is 6.10 Å². The number of aromatic nitrogens is 3. The molecule has 0 unspecified atom stereocenters. The fourth-order valence-electron chi connectivity index (χ4n) is 2.33. The van der Waals surface area contributed by atoms with Gasteiger partial charge in [0.05, 0.1) is 11.3 Å². The molecule has 0 aromatic carbocycles. The molecular weight excluding hydrogens is 348 g/mol. The van der Waals surface area contributed by atoms with Gasteiger partial charge in [-0.05, 0) is 34.8 Å². The molecule has 0 aliphatic carbocycles. The largest absolute Gasteiger partial charge is 0.357 e. The number of fused-ring (bicyclic) bond motifs is 1. The number of likely N-dealkylation sites (N-methyl/N-ethyl adjacent to an activating group) is 1. The van der Waals surface area contributed by atoms with Crippen LogP contribution < -0.4 is 5.32 Å². The second-order valence-electron chi connectivity index (χ2n) is 4.52. The van der Waals surface area contributed by atoms with Gasteiger partial charge in [0.1, 0.15) is 22.5 Å². The summed E-state index contributed by atoms with van der Waals surface area (Å²) in [5.74, 6) is -0.107. The maximum Gasteiger partial charge on any atom is 0.248 e. The number of carbonyl (C=O) groups excluding carboxylic acids is 1. The molecule has 1 amide bonds. The van der Waals surface area contributed by atoms with Crippen LogP contribution in [0, 0.1) is 0 Å². The molecule has 0 bridgehead atoms. The van der Waals surface area contributed by atoms with E-state index in [1.165, 1.54) is 0 Å². The van der Waals surface area contributed by atoms with Gasteiger partial charge in [-0.1, -0.05) is 11.6 Å². The third kappa shape index (κ3) is 2.30. The number of halogens is 2. The smallest absolute Gasteiger partial charge is 0.248 e. The van der Waals surface area contributed by atoms with Crippen molar-refractivity contribution in [3.05, 3.63) is 22.0 Å². The highest BCUT2D eigenvalue weighted by Gasteiger charge is 2.32. The first kappa shape index (κ1) is 13.8. The van der Waals surface area contributed by atoms with Crippen molar-refractivity contribution in [3.63, 3.8) is 0 Å². The molecule has 1 aliphatic rings. The third-order valence-corrected chi connectivity index (χ3v) is 3.99. The molecule has 20 heavy (non-hydrogen) atoms. The molecule has 1 saturated heterocycles. The van der Waals surface area contributed by atoms with Crippen molar-refractivity contribution >= 4 is 44.6 Å². The summed E-state index contributed by atoms with van der Waals surface area (Å²) in [7, 11) is 1.60. The van der Waals surface area contributed by atoms with Crippen molar-refractivity contribution in [1.29, 1.82) is 0 Å². The SMILES string of the molecule is CNC(=O)[C@@H]1CC[C@H](n2cnc3c(Cl)cc(Br)nc32)O1. The minimum absolute atomic E-state index is 0.107. The maximum absolute atomic E-state index is 11.6. The number of amides is 1. The lowest BCUT2D eigenvalue weighted by molar-refractivity contribution is -0.133. The third-order valence-electron chi connectivity index (χ3n) is 3.30. The summed E-state index contributed by atoms with van der Waals surface area (Å²) in [6.45, 7) is 0. The van der Waals surface area contributed by atoms with Gasteiger partial charge in [0.2, 0.25) is 5.91 Å². The normalized spacial score (nSPS) is 22.4. The van der Waals surface area contributed by atoms with E-state index in [-0.39, 0.29) is 12.1 Å². The maximum atomic E-state index is 11.6. The summed E-state index contributed by atoms with van der Waals surface area (Å²) >= 11 is 9.45. The Kier molecular flexibility index (Phi) is 3.66. The second-order valence-corrected chi connectivity index (χ2v) is 5.74. The van der Waals surface area contributed by atoms with E-state index in [2.05, 4.69) is 31.2 Å². The number of nitrogens with zero attached hydrogens (tertiary/aromatic N) is 3. The van der Waals surface area contributed by atoms with Crippen LogP contribution in [0.15, 0.2) is 17.0 Å². The average Bonchev–Trinajstić information content (AvgIpc) is 3.03. The molecule has 2 aromatic heterocycles. The minimum Gasteiger partial charge on any atom is -0.357 e. The Morgan fingerprint density at radius 2 is 2.40 bits per heavy atom. The van der Waals surface area contributed by atoms with Crippen molar-refractivity contribution < 1.29 is 9.53 Å². The Balaban J connectivity index is 1.94.